The van der Waals surface area contributed by atoms with Crippen LogP contribution < -0.4 is 10.5 Å². The number of furan rings is 1. The Hall–Kier alpha value is -2.00. The average molecular weight is 227 g/mol. The summed E-state index contributed by atoms with van der Waals surface area (Å²) >= 11 is 0. The molecule has 2 N–H and O–H groups in total. The summed E-state index contributed by atoms with van der Waals surface area (Å²) in [7, 11) is 1.64. The second kappa shape index (κ2) is 3.79. The molecule has 0 radical (unpaired) electrons. The molecule has 3 heteroatoms. The van der Waals surface area contributed by atoms with Gasteiger partial charge in [-0.15, -0.1) is 0 Å². The summed E-state index contributed by atoms with van der Waals surface area (Å²) in [5.41, 5.74) is 8.49. The summed E-state index contributed by atoms with van der Waals surface area (Å²) in [4.78, 5) is 0. The Morgan fingerprint density at radius 1 is 1.18 bits per heavy atom. The number of rotatable bonds is 2. The first kappa shape index (κ1) is 10.2. The van der Waals surface area contributed by atoms with Gasteiger partial charge in [0, 0.05) is 17.3 Å². The monoisotopic (exact) mass is 227 g/mol. The minimum atomic E-state index is 0.490. The van der Waals surface area contributed by atoms with E-state index in [-0.39, 0.29) is 0 Å². The molecule has 0 bridgehead atoms. The van der Waals surface area contributed by atoms with Crippen LogP contribution in [0.4, 0.5) is 0 Å². The van der Waals surface area contributed by atoms with Crippen molar-refractivity contribution >= 4 is 21.9 Å². The van der Waals surface area contributed by atoms with Crippen LogP contribution in [0.25, 0.3) is 21.9 Å². The molecular weight excluding hydrogens is 214 g/mol. The smallest absolute Gasteiger partial charge is 0.177 e. The van der Waals surface area contributed by atoms with Gasteiger partial charge in [-0.1, -0.05) is 24.3 Å². The molecule has 0 amide bonds. The highest BCUT2D eigenvalue weighted by Crippen LogP contribution is 2.36. The van der Waals surface area contributed by atoms with Gasteiger partial charge in [-0.25, -0.2) is 0 Å². The van der Waals surface area contributed by atoms with Crippen molar-refractivity contribution in [3.63, 3.8) is 0 Å². The topological polar surface area (TPSA) is 48.4 Å². The molecule has 86 valence electrons. The van der Waals surface area contributed by atoms with Crippen LogP contribution in [0.15, 0.2) is 40.8 Å². The zero-order valence-corrected chi connectivity index (χ0v) is 9.57. The molecule has 0 aliphatic heterocycles. The average Bonchev–Trinajstić information content (AvgIpc) is 2.77. The molecule has 2 aromatic carbocycles. The molecule has 0 saturated heterocycles. The van der Waals surface area contributed by atoms with Crippen molar-refractivity contribution in [2.75, 3.05) is 7.11 Å². The van der Waals surface area contributed by atoms with Gasteiger partial charge in [0.25, 0.3) is 0 Å². The standard InChI is InChI=1S/C14H13NO2/c1-16-12-7-6-9(8-15)13-10-4-2-3-5-11(10)17-14(12)13/h2-7H,8,15H2,1H3. The molecule has 0 aliphatic carbocycles. The van der Waals surface area contributed by atoms with Crippen LogP contribution in [-0.4, -0.2) is 7.11 Å². The van der Waals surface area contributed by atoms with Crippen LogP contribution in [0.5, 0.6) is 5.75 Å². The third-order valence-corrected chi connectivity index (χ3v) is 3.02. The second-order valence-corrected chi connectivity index (χ2v) is 3.93. The first-order valence-electron chi connectivity index (χ1n) is 5.52. The summed E-state index contributed by atoms with van der Waals surface area (Å²) in [5, 5.41) is 2.14. The van der Waals surface area contributed by atoms with Gasteiger partial charge in [0.1, 0.15) is 5.58 Å². The first-order chi connectivity index (χ1) is 8.35. The third-order valence-electron chi connectivity index (χ3n) is 3.02. The summed E-state index contributed by atoms with van der Waals surface area (Å²) < 4.78 is 11.2. The molecule has 17 heavy (non-hydrogen) atoms. The molecule has 0 fully saturated rings. The van der Waals surface area contributed by atoms with Gasteiger partial charge in [0.15, 0.2) is 11.3 Å². The third kappa shape index (κ3) is 1.40. The molecule has 0 unspecified atom stereocenters. The minimum Gasteiger partial charge on any atom is -0.493 e. The van der Waals surface area contributed by atoms with Crippen molar-refractivity contribution in [3.8, 4) is 5.75 Å². The van der Waals surface area contributed by atoms with Crippen molar-refractivity contribution < 1.29 is 9.15 Å². The number of ether oxygens (including phenoxy) is 1. The highest BCUT2D eigenvalue weighted by Gasteiger charge is 2.13. The lowest BCUT2D eigenvalue weighted by Crippen LogP contribution is -1.97. The number of methoxy groups -OCH3 is 1. The predicted octanol–water partition coefficient (Wildman–Crippen LogP) is 3.05. The maximum atomic E-state index is 5.84. The zero-order chi connectivity index (χ0) is 11.8. The van der Waals surface area contributed by atoms with Crippen molar-refractivity contribution in [2.24, 2.45) is 5.73 Å². The van der Waals surface area contributed by atoms with Crippen molar-refractivity contribution in [1.82, 2.24) is 0 Å². The Morgan fingerprint density at radius 2 is 2.00 bits per heavy atom. The van der Waals surface area contributed by atoms with Crippen molar-refractivity contribution in [3.05, 3.63) is 42.0 Å². The van der Waals surface area contributed by atoms with E-state index in [1.807, 2.05) is 36.4 Å². The van der Waals surface area contributed by atoms with Crippen LogP contribution in [0.2, 0.25) is 0 Å². The molecule has 1 heterocycles. The Balaban J connectivity index is 2.53. The summed E-state index contributed by atoms with van der Waals surface area (Å²) in [6.45, 7) is 0.490. The SMILES string of the molecule is COc1ccc(CN)c2c1oc1ccccc12. The van der Waals surface area contributed by atoms with Gasteiger partial charge in [0.2, 0.25) is 0 Å². The van der Waals surface area contributed by atoms with Crippen LogP contribution in [0.1, 0.15) is 5.56 Å². The van der Waals surface area contributed by atoms with Crippen LogP contribution >= 0.6 is 0 Å². The van der Waals surface area contributed by atoms with Gasteiger partial charge in [-0.3, -0.25) is 0 Å². The van der Waals surface area contributed by atoms with Gasteiger partial charge < -0.3 is 14.9 Å². The quantitative estimate of drug-likeness (QED) is 0.732. The van der Waals surface area contributed by atoms with Gasteiger partial charge in [0.05, 0.1) is 7.11 Å². The fourth-order valence-corrected chi connectivity index (χ4v) is 2.20. The lowest BCUT2D eigenvalue weighted by Gasteiger charge is -2.03. The zero-order valence-electron chi connectivity index (χ0n) is 9.57. The van der Waals surface area contributed by atoms with Crippen LogP contribution in [0, 0.1) is 0 Å². The molecule has 3 aromatic rings. The number of para-hydroxylation sites is 1. The van der Waals surface area contributed by atoms with E-state index >= 15 is 0 Å². The second-order valence-electron chi connectivity index (χ2n) is 3.93. The maximum Gasteiger partial charge on any atom is 0.177 e. The lowest BCUT2D eigenvalue weighted by atomic mass is 10.1. The van der Waals surface area contributed by atoms with Crippen molar-refractivity contribution in [1.29, 1.82) is 0 Å². The fraction of sp³-hybridized carbons (Fsp3) is 0.143. The molecule has 0 aliphatic rings. The summed E-state index contributed by atoms with van der Waals surface area (Å²) in [6, 6.07) is 11.8. The molecule has 0 atom stereocenters. The van der Waals surface area contributed by atoms with Gasteiger partial charge in [-0.05, 0) is 17.7 Å². The van der Waals surface area contributed by atoms with E-state index in [0.717, 1.165) is 33.3 Å². The predicted molar refractivity (Wildman–Crippen MR) is 68.2 cm³/mol. The highest BCUT2D eigenvalue weighted by molar-refractivity contribution is 6.08. The van der Waals surface area contributed by atoms with Crippen LogP contribution in [0.3, 0.4) is 0 Å². The Kier molecular flexibility index (Phi) is 2.27. The molecule has 0 saturated carbocycles. The largest absolute Gasteiger partial charge is 0.493 e. The fourth-order valence-electron chi connectivity index (χ4n) is 2.20. The lowest BCUT2D eigenvalue weighted by molar-refractivity contribution is 0.412. The Bertz CT molecular complexity index is 685. The molecular formula is C14H13NO2. The van der Waals surface area contributed by atoms with E-state index in [9.17, 15) is 0 Å². The van der Waals surface area contributed by atoms with E-state index in [2.05, 4.69) is 0 Å². The maximum absolute atomic E-state index is 5.84. The molecule has 0 spiro atoms. The van der Waals surface area contributed by atoms with E-state index < -0.39 is 0 Å². The highest BCUT2D eigenvalue weighted by atomic mass is 16.5. The Labute approximate surface area is 98.8 Å². The summed E-state index contributed by atoms with van der Waals surface area (Å²) in [5.74, 6) is 0.744. The molecule has 3 rings (SSSR count). The number of hydrogen-bond donors (Lipinski definition) is 1. The Morgan fingerprint density at radius 3 is 2.76 bits per heavy atom. The van der Waals surface area contributed by atoms with Crippen LogP contribution in [-0.2, 0) is 6.54 Å². The number of nitrogens with two attached hydrogens (primary N) is 1. The number of hydrogen-bond acceptors (Lipinski definition) is 3. The summed E-state index contributed by atoms with van der Waals surface area (Å²) in [6.07, 6.45) is 0. The molecule has 1 aromatic heterocycles. The van der Waals surface area contributed by atoms with E-state index in [1.54, 1.807) is 7.11 Å². The van der Waals surface area contributed by atoms with E-state index in [1.165, 1.54) is 0 Å². The number of fused-ring (bicyclic) bond motifs is 3. The van der Waals surface area contributed by atoms with E-state index in [4.69, 9.17) is 14.9 Å². The number of benzene rings is 2. The van der Waals surface area contributed by atoms with Gasteiger partial charge >= 0.3 is 0 Å². The van der Waals surface area contributed by atoms with Gasteiger partial charge in [-0.2, -0.15) is 0 Å². The first-order valence-corrected chi connectivity index (χ1v) is 5.52. The van der Waals surface area contributed by atoms with Crippen molar-refractivity contribution in [2.45, 2.75) is 6.54 Å². The molecule has 3 nitrogen and oxygen atoms in total. The minimum absolute atomic E-state index is 0.490. The van der Waals surface area contributed by atoms with E-state index in [0.29, 0.717) is 6.54 Å². The normalized spacial score (nSPS) is 11.2.